The Morgan fingerprint density at radius 1 is 1.00 bits per heavy atom. The Morgan fingerprint density at radius 3 is 2.27 bits per heavy atom. The van der Waals surface area contributed by atoms with Gasteiger partial charge in [0.2, 0.25) is 15.9 Å². The van der Waals surface area contributed by atoms with E-state index in [-0.39, 0.29) is 10.8 Å². The first kappa shape index (κ1) is 24.7. The van der Waals surface area contributed by atoms with E-state index in [0.717, 1.165) is 37.2 Å². The number of hydrogen-bond donors (Lipinski definition) is 2. The summed E-state index contributed by atoms with van der Waals surface area (Å²) >= 11 is 0. The number of amides is 2. The molecule has 0 unspecified atom stereocenters. The fourth-order valence-electron chi connectivity index (χ4n) is 4.03. The third-order valence-corrected chi connectivity index (χ3v) is 7.85. The van der Waals surface area contributed by atoms with Crippen LogP contribution < -0.4 is 15.5 Å². The molecule has 0 bridgehead atoms. The number of rotatable bonds is 8. The quantitative estimate of drug-likeness (QED) is 0.608. The first-order valence-corrected chi connectivity index (χ1v) is 12.7. The maximum absolute atomic E-state index is 13.4. The number of carbonyl (C=O) groups is 2. The summed E-state index contributed by atoms with van der Waals surface area (Å²) in [5.74, 6) is -0.599. The average Bonchev–Trinajstić information content (AvgIpc) is 3.30. The zero-order chi connectivity index (χ0) is 24.2. The molecule has 33 heavy (non-hydrogen) atoms. The molecule has 8 nitrogen and oxygen atoms in total. The van der Waals surface area contributed by atoms with Gasteiger partial charge in [0.15, 0.2) is 0 Å². The third kappa shape index (κ3) is 5.54. The van der Waals surface area contributed by atoms with Crippen LogP contribution in [-0.4, -0.2) is 50.7 Å². The monoisotopic (exact) mass is 472 g/mol. The van der Waals surface area contributed by atoms with Crippen LogP contribution in [0.15, 0.2) is 41.3 Å². The van der Waals surface area contributed by atoms with Crippen molar-refractivity contribution in [2.75, 3.05) is 41.7 Å². The highest BCUT2D eigenvalue weighted by molar-refractivity contribution is 7.89. The Morgan fingerprint density at radius 2 is 1.67 bits per heavy atom. The van der Waals surface area contributed by atoms with Crippen LogP contribution in [0, 0.1) is 6.92 Å². The fraction of sp³-hybridized carbons (Fsp3) is 0.417. The van der Waals surface area contributed by atoms with E-state index in [2.05, 4.69) is 15.5 Å². The Kier molecular flexibility index (Phi) is 7.76. The smallest absolute Gasteiger partial charge is 0.257 e. The van der Waals surface area contributed by atoms with Crippen molar-refractivity contribution in [2.45, 2.75) is 45.4 Å². The van der Waals surface area contributed by atoms with Crippen LogP contribution in [0.5, 0.6) is 0 Å². The number of carbonyl (C=O) groups excluding carboxylic acids is 2. The van der Waals surface area contributed by atoms with E-state index in [1.807, 2.05) is 13.0 Å². The molecule has 0 atom stereocenters. The lowest BCUT2D eigenvalue weighted by Gasteiger charge is -2.23. The number of benzene rings is 2. The van der Waals surface area contributed by atoms with Crippen molar-refractivity contribution < 1.29 is 18.0 Å². The van der Waals surface area contributed by atoms with E-state index < -0.39 is 15.9 Å². The van der Waals surface area contributed by atoms with E-state index in [1.165, 1.54) is 17.3 Å². The molecule has 1 aliphatic heterocycles. The van der Waals surface area contributed by atoms with Gasteiger partial charge in [0, 0.05) is 50.2 Å². The zero-order valence-electron chi connectivity index (χ0n) is 19.6. The summed E-state index contributed by atoms with van der Waals surface area (Å²) in [6.45, 7) is 9.21. The first-order chi connectivity index (χ1) is 15.7. The molecule has 2 amide bonds. The number of sulfonamides is 1. The van der Waals surface area contributed by atoms with Crippen molar-refractivity contribution in [3.63, 3.8) is 0 Å². The standard InChI is InChI=1S/C24H32N4O4S/c1-5-28(6-2)33(31,32)20-11-12-23(27-13-7-8-14-27)21(16-20)24(30)26-19-10-9-17(3)22(15-19)25-18(4)29/h9-12,15-16H,5-8,13-14H2,1-4H3,(H,25,29)(H,26,30). The Hall–Kier alpha value is -2.91. The highest BCUT2D eigenvalue weighted by atomic mass is 32.2. The Bertz CT molecular complexity index is 1140. The van der Waals surface area contributed by atoms with Gasteiger partial charge in [-0.25, -0.2) is 8.42 Å². The minimum Gasteiger partial charge on any atom is -0.371 e. The van der Waals surface area contributed by atoms with E-state index in [9.17, 15) is 18.0 Å². The lowest BCUT2D eigenvalue weighted by atomic mass is 10.1. The van der Waals surface area contributed by atoms with E-state index in [0.29, 0.717) is 30.0 Å². The van der Waals surface area contributed by atoms with Crippen molar-refractivity contribution in [3.8, 4) is 0 Å². The Balaban J connectivity index is 2.00. The maximum atomic E-state index is 13.4. The van der Waals surface area contributed by atoms with Crippen LogP contribution in [-0.2, 0) is 14.8 Å². The SMILES string of the molecule is CCN(CC)S(=O)(=O)c1ccc(N2CCCC2)c(C(=O)Nc2ccc(C)c(NC(C)=O)c2)c1. The normalized spacial score (nSPS) is 13.9. The fourth-order valence-corrected chi connectivity index (χ4v) is 5.51. The van der Waals surface area contributed by atoms with Crippen molar-refractivity contribution >= 4 is 38.9 Å². The minimum absolute atomic E-state index is 0.0992. The molecule has 1 fully saturated rings. The van der Waals surface area contributed by atoms with Crippen LogP contribution in [0.25, 0.3) is 0 Å². The zero-order valence-corrected chi connectivity index (χ0v) is 20.5. The highest BCUT2D eigenvalue weighted by Crippen LogP contribution is 2.30. The molecule has 2 aromatic carbocycles. The molecule has 9 heteroatoms. The van der Waals surface area contributed by atoms with E-state index in [1.54, 1.807) is 38.1 Å². The molecule has 1 heterocycles. The predicted molar refractivity (Wildman–Crippen MR) is 131 cm³/mol. The third-order valence-electron chi connectivity index (χ3n) is 5.81. The maximum Gasteiger partial charge on any atom is 0.257 e. The van der Waals surface area contributed by atoms with E-state index in [4.69, 9.17) is 0 Å². The Labute approximate surface area is 196 Å². The van der Waals surface area contributed by atoms with E-state index >= 15 is 0 Å². The molecular weight excluding hydrogens is 440 g/mol. The lowest BCUT2D eigenvalue weighted by molar-refractivity contribution is -0.114. The molecule has 1 aliphatic rings. The van der Waals surface area contributed by atoms with Crippen LogP contribution in [0.4, 0.5) is 17.1 Å². The van der Waals surface area contributed by atoms with Gasteiger partial charge in [-0.15, -0.1) is 0 Å². The van der Waals surface area contributed by atoms with Crippen molar-refractivity contribution in [3.05, 3.63) is 47.5 Å². The molecule has 3 rings (SSSR count). The number of nitrogens with zero attached hydrogens (tertiary/aromatic N) is 2. The van der Waals surface area contributed by atoms with Gasteiger partial charge in [-0.3, -0.25) is 9.59 Å². The highest BCUT2D eigenvalue weighted by Gasteiger charge is 2.26. The number of anilines is 3. The van der Waals surface area contributed by atoms with Gasteiger partial charge in [0.1, 0.15) is 0 Å². The molecule has 0 radical (unpaired) electrons. The predicted octanol–water partition coefficient (Wildman–Crippen LogP) is 3.84. The van der Waals surface area contributed by atoms with Crippen LogP contribution in [0.3, 0.4) is 0 Å². The minimum atomic E-state index is -3.71. The molecule has 1 saturated heterocycles. The number of nitrogens with one attached hydrogen (secondary N) is 2. The molecule has 178 valence electrons. The lowest BCUT2D eigenvalue weighted by Crippen LogP contribution is -2.31. The van der Waals surface area contributed by atoms with Gasteiger partial charge in [-0.2, -0.15) is 4.31 Å². The van der Waals surface area contributed by atoms with Gasteiger partial charge in [0.05, 0.1) is 10.5 Å². The summed E-state index contributed by atoms with van der Waals surface area (Å²) in [6.07, 6.45) is 2.05. The molecule has 0 aliphatic carbocycles. The summed E-state index contributed by atoms with van der Waals surface area (Å²) in [5.41, 5.74) is 3.02. The number of hydrogen-bond acceptors (Lipinski definition) is 5. The first-order valence-electron chi connectivity index (χ1n) is 11.3. The van der Waals surface area contributed by atoms with Gasteiger partial charge >= 0.3 is 0 Å². The van der Waals surface area contributed by atoms with Crippen molar-refractivity contribution in [1.29, 1.82) is 0 Å². The van der Waals surface area contributed by atoms with Gasteiger partial charge in [-0.05, 0) is 55.7 Å². The summed E-state index contributed by atoms with van der Waals surface area (Å²) in [4.78, 5) is 27.1. The molecule has 0 spiro atoms. The summed E-state index contributed by atoms with van der Waals surface area (Å²) in [6, 6.07) is 10.0. The topological polar surface area (TPSA) is 98.8 Å². The van der Waals surface area contributed by atoms with Crippen LogP contribution in [0.2, 0.25) is 0 Å². The number of aryl methyl sites for hydroxylation is 1. The molecule has 0 saturated carbocycles. The second-order valence-electron chi connectivity index (χ2n) is 8.13. The molecule has 2 aromatic rings. The summed E-state index contributed by atoms with van der Waals surface area (Å²) in [5, 5.41) is 5.63. The van der Waals surface area contributed by atoms with Crippen LogP contribution in [0.1, 0.15) is 49.5 Å². The largest absolute Gasteiger partial charge is 0.371 e. The van der Waals surface area contributed by atoms with Crippen molar-refractivity contribution in [1.82, 2.24) is 4.31 Å². The van der Waals surface area contributed by atoms with Gasteiger partial charge in [-0.1, -0.05) is 19.9 Å². The second kappa shape index (κ2) is 10.4. The van der Waals surface area contributed by atoms with Gasteiger partial charge < -0.3 is 15.5 Å². The van der Waals surface area contributed by atoms with Crippen molar-refractivity contribution in [2.24, 2.45) is 0 Å². The second-order valence-corrected chi connectivity index (χ2v) is 10.1. The average molecular weight is 473 g/mol. The summed E-state index contributed by atoms with van der Waals surface area (Å²) in [7, 11) is -3.71. The summed E-state index contributed by atoms with van der Waals surface area (Å²) < 4.78 is 27.5. The van der Waals surface area contributed by atoms with Gasteiger partial charge in [0.25, 0.3) is 5.91 Å². The molecular formula is C24H32N4O4S. The molecule has 2 N–H and O–H groups in total. The molecule has 0 aromatic heterocycles. The van der Waals surface area contributed by atoms with Crippen LogP contribution >= 0.6 is 0 Å².